The first kappa shape index (κ1) is 14.8. The Hall–Kier alpha value is -0.570. The predicted molar refractivity (Wildman–Crippen MR) is 82.6 cm³/mol. The second-order valence-electron chi connectivity index (χ2n) is 5.64. The highest BCUT2D eigenvalue weighted by Crippen LogP contribution is 2.13. The lowest BCUT2D eigenvalue weighted by Gasteiger charge is -2.21. The molecule has 0 bridgehead atoms. The molecule has 1 fully saturated rings. The molecule has 3 heteroatoms. The van der Waals surface area contributed by atoms with Gasteiger partial charge in [0.1, 0.15) is 0 Å². The Morgan fingerprint density at radius 2 is 2.05 bits per heavy atom. The van der Waals surface area contributed by atoms with Crippen LogP contribution in [0.5, 0.6) is 0 Å². The third kappa shape index (κ3) is 5.52. The molecule has 0 spiro atoms. The molecule has 1 aliphatic rings. The van der Waals surface area contributed by atoms with Gasteiger partial charge in [-0.05, 0) is 50.4 Å². The molecule has 0 saturated carbocycles. The zero-order valence-corrected chi connectivity index (χ0v) is 12.5. The highest BCUT2D eigenvalue weighted by molar-refractivity contribution is 6.30. The molecule has 0 amide bonds. The van der Waals surface area contributed by atoms with Gasteiger partial charge >= 0.3 is 0 Å². The average Bonchev–Trinajstić information content (AvgIpc) is 2.67. The van der Waals surface area contributed by atoms with Crippen LogP contribution in [0.3, 0.4) is 0 Å². The summed E-state index contributed by atoms with van der Waals surface area (Å²) in [4.78, 5) is 0. The van der Waals surface area contributed by atoms with Gasteiger partial charge in [-0.2, -0.15) is 0 Å². The van der Waals surface area contributed by atoms with Crippen molar-refractivity contribution < 1.29 is 0 Å². The minimum atomic E-state index is 0.547. The number of benzene rings is 1. The summed E-state index contributed by atoms with van der Waals surface area (Å²) in [5.41, 5.74) is 1.30. The van der Waals surface area contributed by atoms with E-state index in [1.54, 1.807) is 0 Å². The molecule has 19 heavy (non-hydrogen) atoms. The lowest BCUT2D eigenvalue weighted by atomic mass is 10.0. The quantitative estimate of drug-likeness (QED) is 0.859. The van der Waals surface area contributed by atoms with Crippen LogP contribution in [-0.4, -0.2) is 18.6 Å². The summed E-state index contributed by atoms with van der Waals surface area (Å²) in [5.74, 6) is 0. The maximum Gasteiger partial charge on any atom is 0.0406 e. The Morgan fingerprint density at radius 1 is 1.26 bits per heavy atom. The van der Waals surface area contributed by atoms with Crippen molar-refractivity contribution >= 4 is 11.6 Å². The van der Waals surface area contributed by atoms with Crippen LogP contribution in [0, 0.1) is 0 Å². The van der Waals surface area contributed by atoms with Gasteiger partial charge in [0.25, 0.3) is 0 Å². The number of nitrogens with one attached hydrogen (secondary N) is 2. The molecule has 0 radical (unpaired) electrons. The molecule has 2 nitrogen and oxygen atoms in total. The molecule has 1 aliphatic heterocycles. The summed E-state index contributed by atoms with van der Waals surface area (Å²) in [7, 11) is 0. The Balaban J connectivity index is 1.71. The normalized spacial score (nSPS) is 21.9. The summed E-state index contributed by atoms with van der Waals surface area (Å²) in [6, 6.07) is 9.32. The van der Waals surface area contributed by atoms with Crippen molar-refractivity contribution in [1.29, 1.82) is 0 Å². The summed E-state index contributed by atoms with van der Waals surface area (Å²) in [6.45, 7) is 4.39. The minimum absolute atomic E-state index is 0.547. The molecular weight excluding hydrogens is 256 g/mol. The van der Waals surface area contributed by atoms with Crippen molar-refractivity contribution in [2.24, 2.45) is 0 Å². The summed E-state index contributed by atoms with van der Waals surface area (Å²) in [6.07, 6.45) is 6.64. The summed E-state index contributed by atoms with van der Waals surface area (Å²) in [5, 5.41) is 8.07. The fourth-order valence-corrected chi connectivity index (χ4v) is 2.83. The third-order valence-electron chi connectivity index (χ3n) is 3.87. The predicted octanol–water partition coefficient (Wildman–Crippen LogP) is 3.74. The molecule has 1 aromatic rings. The maximum absolute atomic E-state index is 5.89. The molecule has 2 atom stereocenters. The fraction of sp³-hybridized carbons (Fsp3) is 0.625. The van der Waals surface area contributed by atoms with Gasteiger partial charge in [0.2, 0.25) is 0 Å². The Labute approximate surface area is 121 Å². The summed E-state index contributed by atoms with van der Waals surface area (Å²) >= 11 is 5.89. The van der Waals surface area contributed by atoms with E-state index in [1.807, 2.05) is 12.1 Å². The molecule has 0 aromatic heterocycles. The van der Waals surface area contributed by atoms with Gasteiger partial charge in [-0.25, -0.2) is 0 Å². The van der Waals surface area contributed by atoms with Crippen molar-refractivity contribution in [2.75, 3.05) is 6.54 Å². The van der Waals surface area contributed by atoms with Crippen LogP contribution < -0.4 is 10.6 Å². The Bertz CT molecular complexity index is 356. The molecule has 1 saturated heterocycles. The Morgan fingerprint density at radius 3 is 2.84 bits per heavy atom. The number of hydrogen-bond donors (Lipinski definition) is 2. The second kappa shape index (κ2) is 7.88. The lowest BCUT2D eigenvalue weighted by Crippen LogP contribution is -2.36. The van der Waals surface area contributed by atoms with E-state index in [1.165, 1.54) is 44.2 Å². The van der Waals surface area contributed by atoms with Crippen LogP contribution in [-0.2, 0) is 6.54 Å². The van der Waals surface area contributed by atoms with Gasteiger partial charge in [0, 0.05) is 23.7 Å². The summed E-state index contributed by atoms with van der Waals surface area (Å²) < 4.78 is 0. The molecule has 0 aliphatic carbocycles. The zero-order chi connectivity index (χ0) is 13.5. The average molecular weight is 281 g/mol. The molecule has 1 heterocycles. The molecule has 2 unspecified atom stereocenters. The number of halogens is 1. The smallest absolute Gasteiger partial charge is 0.0406 e. The van der Waals surface area contributed by atoms with Crippen LogP contribution in [0.1, 0.15) is 44.6 Å². The second-order valence-corrected chi connectivity index (χ2v) is 6.08. The van der Waals surface area contributed by atoms with E-state index in [0.717, 1.165) is 11.6 Å². The van der Waals surface area contributed by atoms with Gasteiger partial charge in [0.15, 0.2) is 0 Å². The van der Waals surface area contributed by atoms with E-state index in [9.17, 15) is 0 Å². The van der Waals surface area contributed by atoms with E-state index in [4.69, 9.17) is 11.6 Å². The van der Waals surface area contributed by atoms with Gasteiger partial charge in [0.05, 0.1) is 0 Å². The molecular formula is C16H25ClN2. The van der Waals surface area contributed by atoms with Crippen LogP contribution in [0.25, 0.3) is 0 Å². The standard InChI is InChI=1S/C16H25ClN2/c1-13(11-16-5-3-2-4-10-18-16)19-12-14-6-8-15(17)9-7-14/h6-9,13,16,18-19H,2-5,10-12H2,1H3. The van der Waals surface area contributed by atoms with Gasteiger partial charge < -0.3 is 10.6 Å². The van der Waals surface area contributed by atoms with E-state index < -0.39 is 0 Å². The van der Waals surface area contributed by atoms with Crippen molar-refractivity contribution in [2.45, 2.75) is 57.7 Å². The fourth-order valence-electron chi connectivity index (χ4n) is 2.71. The topological polar surface area (TPSA) is 24.1 Å². The minimum Gasteiger partial charge on any atom is -0.314 e. The molecule has 2 rings (SSSR count). The zero-order valence-electron chi connectivity index (χ0n) is 11.8. The molecule has 1 aromatic carbocycles. The maximum atomic E-state index is 5.89. The highest BCUT2D eigenvalue weighted by atomic mass is 35.5. The van der Waals surface area contributed by atoms with Crippen molar-refractivity contribution in [1.82, 2.24) is 10.6 Å². The van der Waals surface area contributed by atoms with Crippen LogP contribution in [0.15, 0.2) is 24.3 Å². The largest absolute Gasteiger partial charge is 0.314 e. The van der Waals surface area contributed by atoms with Gasteiger partial charge in [-0.15, -0.1) is 0 Å². The van der Waals surface area contributed by atoms with E-state index >= 15 is 0 Å². The van der Waals surface area contributed by atoms with E-state index in [0.29, 0.717) is 12.1 Å². The monoisotopic (exact) mass is 280 g/mol. The lowest BCUT2D eigenvalue weighted by molar-refractivity contribution is 0.402. The van der Waals surface area contributed by atoms with Crippen LogP contribution in [0.2, 0.25) is 5.02 Å². The first-order valence-corrected chi connectivity index (χ1v) is 7.83. The highest BCUT2D eigenvalue weighted by Gasteiger charge is 2.14. The van der Waals surface area contributed by atoms with Gasteiger partial charge in [-0.1, -0.05) is 36.6 Å². The molecule has 106 valence electrons. The first-order chi connectivity index (χ1) is 9.24. The number of rotatable bonds is 5. The van der Waals surface area contributed by atoms with E-state index in [2.05, 4.69) is 29.7 Å². The third-order valence-corrected chi connectivity index (χ3v) is 4.12. The van der Waals surface area contributed by atoms with E-state index in [-0.39, 0.29) is 0 Å². The van der Waals surface area contributed by atoms with Crippen molar-refractivity contribution in [3.63, 3.8) is 0 Å². The van der Waals surface area contributed by atoms with Crippen molar-refractivity contribution in [3.05, 3.63) is 34.9 Å². The molecule has 2 N–H and O–H groups in total. The Kier molecular flexibility index (Phi) is 6.15. The van der Waals surface area contributed by atoms with Crippen LogP contribution >= 0.6 is 11.6 Å². The van der Waals surface area contributed by atoms with Gasteiger partial charge in [-0.3, -0.25) is 0 Å². The first-order valence-electron chi connectivity index (χ1n) is 7.45. The number of hydrogen-bond acceptors (Lipinski definition) is 2. The van der Waals surface area contributed by atoms with Crippen molar-refractivity contribution in [3.8, 4) is 0 Å². The van der Waals surface area contributed by atoms with Crippen LogP contribution in [0.4, 0.5) is 0 Å². The SMILES string of the molecule is CC(CC1CCCCCN1)NCc1ccc(Cl)cc1.